The van der Waals surface area contributed by atoms with Crippen molar-refractivity contribution in [1.82, 2.24) is 5.32 Å². The fourth-order valence-electron chi connectivity index (χ4n) is 2.36. The van der Waals surface area contributed by atoms with Gasteiger partial charge in [-0.3, -0.25) is 9.59 Å². The first kappa shape index (κ1) is 15.4. The van der Waals surface area contributed by atoms with Gasteiger partial charge in [0.1, 0.15) is 5.75 Å². The first-order valence-corrected chi connectivity index (χ1v) is 8.11. The standard InChI is InChI=1S/C18H15NO3S/c1-11-5-7-12(8-6-11)23-10-19-14-9-16(21)13-3-2-4-15(20)17(13)18(14)22/h2-9,19-20H,10H2,1H3. The highest BCUT2D eigenvalue weighted by atomic mass is 32.2. The fraction of sp³-hybridized carbons (Fsp3) is 0.111. The van der Waals surface area contributed by atoms with E-state index in [1.165, 1.54) is 29.5 Å². The SMILES string of the molecule is Cc1ccc(SCNC2=CC(=O)c3cccc(O)c3C2=O)cc1. The van der Waals surface area contributed by atoms with Gasteiger partial charge in [0.2, 0.25) is 5.78 Å². The highest BCUT2D eigenvalue weighted by molar-refractivity contribution is 7.99. The van der Waals surface area contributed by atoms with Gasteiger partial charge in [-0.15, -0.1) is 11.8 Å². The van der Waals surface area contributed by atoms with Gasteiger partial charge in [-0.2, -0.15) is 0 Å². The predicted molar refractivity (Wildman–Crippen MR) is 89.9 cm³/mol. The lowest BCUT2D eigenvalue weighted by Gasteiger charge is -2.17. The molecule has 0 heterocycles. The van der Waals surface area contributed by atoms with Crippen LogP contribution in [0.25, 0.3) is 0 Å². The molecule has 1 aliphatic rings. The Balaban J connectivity index is 1.72. The number of nitrogens with one attached hydrogen (secondary N) is 1. The number of ketones is 2. The van der Waals surface area contributed by atoms with Crippen molar-refractivity contribution in [1.29, 1.82) is 0 Å². The van der Waals surface area contributed by atoms with Gasteiger partial charge in [-0.05, 0) is 25.1 Å². The number of benzene rings is 2. The summed E-state index contributed by atoms with van der Waals surface area (Å²) in [6, 6.07) is 12.6. The number of carbonyl (C=O) groups is 2. The Hall–Kier alpha value is -2.53. The van der Waals surface area contributed by atoms with Crippen LogP contribution in [0.5, 0.6) is 5.75 Å². The van der Waals surface area contributed by atoms with Crippen LogP contribution in [0.2, 0.25) is 0 Å². The second-order valence-corrected chi connectivity index (χ2v) is 6.28. The van der Waals surface area contributed by atoms with Gasteiger partial charge >= 0.3 is 0 Å². The summed E-state index contributed by atoms with van der Waals surface area (Å²) in [5.74, 6) is -0.350. The van der Waals surface area contributed by atoms with Crippen molar-refractivity contribution in [2.75, 3.05) is 5.88 Å². The normalized spacial score (nSPS) is 13.5. The zero-order valence-electron chi connectivity index (χ0n) is 12.5. The molecule has 23 heavy (non-hydrogen) atoms. The molecule has 0 saturated heterocycles. The summed E-state index contributed by atoms with van der Waals surface area (Å²) < 4.78 is 0. The van der Waals surface area contributed by atoms with Gasteiger partial charge in [0.25, 0.3) is 0 Å². The number of rotatable bonds is 4. The summed E-state index contributed by atoms with van der Waals surface area (Å²) in [5.41, 5.74) is 1.71. The smallest absolute Gasteiger partial charge is 0.213 e. The molecule has 0 unspecified atom stereocenters. The number of aryl methyl sites for hydroxylation is 1. The third kappa shape index (κ3) is 3.14. The number of thioether (sulfide) groups is 1. The monoisotopic (exact) mass is 325 g/mol. The van der Waals surface area contributed by atoms with E-state index in [9.17, 15) is 14.7 Å². The topological polar surface area (TPSA) is 66.4 Å². The minimum absolute atomic E-state index is 0.0721. The zero-order chi connectivity index (χ0) is 16.4. The van der Waals surface area contributed by atoms with Gasteiger partial charge < -0.3 is 10.4 Å². The number of allylic oxidation sites excluding steroid dienone is 2. The largest absolute Gasteiger partial charge is 0.507 e. The molecular formula is C18H15NO3S. The Morgan fingerprint density at radius 3 is 2.57 bits per heavy atom. The molecule has 4 nitrogen and oxygen atoms in total. The summed E-state index contributed by atoms with van der Waals surface area (Å²) in [5, 5.41) is 12.8. The molecule has 2 aromatic rings. The lowest BCUT2D eigenvalue weighted by atomic mass is 9.92. The molecule has 0 fully saturated rings. The first-order valence-electron chi connectivity index (χ1n) is 7.12. The molecule has 0 radical (unpaired) electrons. The van der Waals surface area contributed by atoms with Crippen LogP contribution in [-0.4, -0.2) is 22.5 Å². The van der Waals surface area contributed by atoms with Crippen LogP contribution in [0, 0.1) is 6.92 Å². The van der Waals surface area contributed by atoms with Gasteiger partial charge in [-0.1, -0.05) is 29.8 Å². The maximum atomic E-state index is 12.4. The van der Waals surface area contributed by atoms with Crippen molar-refractivity contribution < 1.29 is 14.7 Å². The third-order valence-electron chi connectivity index (χ3n) is 3.58. The average molecular weight is 325 g/mol. The molecule has 3 rings (SSSR count). The minimum atomic E-state index is -0.359. The summed E-state index contributed by atoms with van der Waals surface area (Å²) in [6.07, 6.45) is 1.29. The molecule has 0 bridgehead atoms. The molecule has 0 amide bonds. The second-order valence-electron chi connectivity index (χ2n) is 5.23. The van der Waals surface area contributed by atoms with Crippen LogP contribution < -0.4 is 5.32 Å². The van der Waals surface area contributed by atoms with Gasteiger partial charge in [-0.25, -0.2) is 0 Å². The van der Waals surface area contributed by atoms with Crippen LogP contribution in [0.3, 0.4) is 0 Å². The maximum Gasteiger partial charge on any atom is 0.213 e. The number of carbonyl (C=O) groups excluding carboxylic acids is 2. The fourth-order valence-corrected chi connectivity index (χ4v) is 3.08. The molecule has 2 aromatic carbocycles. The number of hydrogen-bond donors (Lipinski definition) is 2. The average Bonchev–Trinajstić information content (AvgIpc) is 2.54. The number of phenols is 1. The van der Waals surface area contributed by atoms with Crippen molar-refractivity contribution in [3.05, 3.63) is 70.9 Å². The maximum absolute atomic E-state index is 12.4. The van der Waals surface area contributed by atoms with E-state index in [0.29, 0.717) is 5.88 Å². The summed E-state index contributed by atoms with van der Waals surface area (Å²) in [4.78, 5) is 25.6. The van der Waals surface area contributed by atoms with Crippen LogP contribution in [-0.2, 0) is 0 Å². The summed E-state index contributed by atoms with van der Waals surface area (Å²) >= 11 is 1.53. The molecule has 5 heteroatoms. The van der Waals surface area contributed by atoms with E-state index in [4.69, 9.17) is 0 Å². The second kappa shape index (κ2) is 6.30. The van der Waals surface area contributed by atoms with Gasteiger partial charge in [0.15, 0.2) is 5.78 Å². The molecule has 0 saturated carbocycles. The Morgan fingerprint density at radius 2 is 1.83 bits per heavy atom. The minimum Gasteiger partial charge on any atom is -0.507 e. The van der Waals surface area contributed by atoms with Crippen LogP contribution in [0.4, 0.5) is 0 Å². The molecule has 1 aliphatic carbocycles. The molecular weight excluding hydrogens is 310 g/mol. The van der Waals surface area contributed by atoms with Crippen LogP contribution in [0.15, 0.2) is 59.1 Å². The zero-order valence-corrected chi connectivity index (χ0v) is 13.3. The number of aromatic hydroxyl groups is 1. The molecule has 0 atom stereocenters. The van der Waals surface area contributed by atoms with E-state index < -0.39 is 0 Å². The van der Waals surface area contributed by atoms with E-state index >= 15 is 0 Å². The molecule has 116 valence electrons. The first-order chi connectivity index (χ1) is 11.1. The number of Topliss-reactive ketones (excluding diaryl/α,β-unsaturated/α-hetero) is 1. The Morgan fingerprint density at radius 1 is 1.09 bits per heavy atom. The Labute approximate surface area is 138 Å². The van der Waals surface area contributed by atoms with Gasteiger partial charge in [0.05, 0.1) is 17.1 Å². The van der Waals surface area contributed by atoms with Crippen molar-refractivity contribution in [3.63, 3.8) is 0 Å². The van der Waals surface area contributed by atoms with Crippen molar-refractivity contribution in [2.24, 2.45) is 0 Å². The summed E-state index contributed by atoms with van der Waals surface area (Å²) in [7, 11) is 0. The van der Waals surface area contributed by atoms with Crippen molar-refractivity contribution in [3.8, 4) is 5.75 Å². The van der Waals surface area contributed by atoms with E-state index in [-0.39, 0.29) is 34.1 Å². The van der Waals surface area contributed by atoms with Crippen molar-refractivity contribution in [2.45, 2.75) is 11.8 Å². The highest BCUT2D eigenvalue weighted by Crippen LogP contribution is 2.28. The van der Waals surface area contributed by atoms with Crippen LogP contribution in [0.1, 0.15) is 26.3 Å². The van der Waals surface area contributed by atoms with E-state index in [0.717, 1.165) is 4.90 Å². The molecule has 0 spiro atoms. The quantitative estimate of drug-likeness (QED) is 0.667. The molecule has 2 N–H and O–H groups in total. The molecule has 0 aliphatic heterocycles. The van der Waals surface area contributed by atoms with Crippen molar-refractivity contribution >= 4 is 23.3 Å². The summed E-state index contributed by atoms with van der Waals surface area (Å²) in [6.45, 7) is 2.02. The Kier molecular flexibility index (Phi) is 4.21. The number of phenolic OH excluding ortho intramolecular Hbond substituents is 1. The number of fused-ring (bicyclic) bond motifs is 1. The lowest BCUT2D eigenvalue weighted by Crippen LogP contribution is -2.26. The van der Waals surface area contributed by atoms with E-state index in [2.05, 4.69) is 5.32 Å². The Bertz CT molecular complexity index is 810. The predicted octanol–water partition coefficient (Wildman–Crippen LogP) is 3.30. The third-order valence-corrected chi connectivity index (χ3v) is 4.47. The van der Waals surface area contributed by atoms with E-state index in [1.807, 2.05) is 31.2 Å². The highest BCUT2D eigenvalue weighted by Gasteiger charge is 2.27. The number of hydrogen-bond acceptors (Lipinski definition) is 5. The lowest BCUT2D eigenvalue weighted by molar-refractivity contribution is 0.0976. The van der Waals surface area contributed by atoms with Crippen LogP contribution >= 0.6 is 11.8 Å². The van der Waals surface area contributed by atoms with E-state index in [1.54, 1.807) is 12.1 Å². The molecule has 0 aromatic heterocycles. The van der Waals surface area contributed by atoms with Gasteiger partial charge in [0, 0.05) is 16.5 Å².